The normalized spacial score (nSPS) is 21.2. The van der Waals surface area contributed by atoms with Gasteiger partial charge in [-0.25, -0.2) is 0 Å². The molecule has 0 bridgehead atoms. The maximum Gasteiger partial charge on any atom is 0.0325 e. The molecule has 18 heavy (non-hydrogen) atoms. The highest BCUT2D eigenvalue weighted by Gasteiger charge is 2.22. The summed E-state index contributed by atoms with van der Waals surface area (Å²) in [5.74, 6) is 0.822. The lowest BCUT2D eigenvalue weighted by molar-refractivity contribution is 0.428. The summed E-state index contributed by atoms with van der Waals surface area (Å²) in [7, 11) is 2.09. The SMILES string of the molecule is CNC(CC1CCNC1)c1c(C)cc(C)cc1C. The van der Waals surface area contributed by atoms with E-state index in [1.165, 1.54) is 48.2 Å². The van der Waals surface area contributed by atoms with E-state index in [9.17, 15) is 0 Å². The minimum absolute atomic E-state index is 0.496. The van der Waals surface area contributed by atoms with Crippen molar-refractivity contribution >= 4 is 0 Å². The van der Waals surface area contributed by atoms with Gasteiger partial charge in [-0.15, -0.1) is 0 Å². The summed E-state index contributed by atoms with van der Waals surface area (Å²) in [6.45, 7) is 9.04. The van der Waals surface area contributed by atoms with E-state index in [0.29, 0.717) is 6.04 Å². The lowest BCUT2D eigenvalue weighted by atomic mass is 9.88. The minimum atomic E-state index is 0.496. The quantitative estimate of drug-likeness (QED) is 0.853. The van der Waals surface area contributed by atoms with Gasteiger partial charge in [0, 0.05) is 6.04 Å². The molecule has 1 aliphatic heterocycles. The molecule has 0 spiro atoms. The first kappa shape index (κ1) is 13.6. The van der Waals surface area contributed by atoms with Crippen LogP contribution in [0.15, 0.2) is 12.1 Å². The van der Waals surface area contributed by atoms with E-state index in [-0.39, 0.29) is 0 Å². The summed E-state index contributed by atoms with van der Waals surface area (Å²) in [5, 5.41) is 6.98. The molecular weight excluding hydrogens is 220 g/mol. The van der Waals surface area contributed by atoms with Gasteiger partial charge in [-0.1, -0.05) is 17.7 Å². The highest BCUT2D eigenvalue weighted by Crippen LogP contribution is 2.29. The fourth-order valence-corrected chi connectivity index (χ4v) is 3.37. The Bertz CT molecular complexity index is 383. The van der Waals surface area contributed by atoms with Crippen LogP contribution in [0.4, 0.5) is 0 Å². The van der Waals surface area contributed by atoms with E-state index in [1.54, 1.807) is 0 Å². The largest absolute Gasteiger partial charge is 0.316 e. The molecule has 100 valence electrons. The first-order valence-corrected chi connectivity index (χ1v) is 7.07. The van der Waals surface area contributed by atoms with Crippen LogP contribution in [0.1, 0.15) is 41.1 Å². The van der Waals surface area contributed by atoms with Gasteiger partial charge < -0.3 is 10.6 Å². The van der Waals surface area contributed by atoms with Crippen LogP contribution in [0.3, 0.4) is 0 Å². The maximum absolute atomic E-state index is 3.52. The van der Waals surface area contributed by atoms with E-state index < -0.39 is 0 Å². The van der Waals surface area contributed by atoms with Gasteiger partial charge >= 0.3 is 0 Å². The van der Waals surface area contributed by atoms with Crippen molar-refractivity contribution < 1.29 is 0 Å². The van der Waals surface area contributed by atoms with E-state index >= 15 is 0 Å². The monoisotopic (exact) mass is 246 g/mol. The zero-order chi connectivity index (χ0) is 13.1. The molecule has 0 amide bonds. The fraction of sp³-hybridized carbons (Fsp3) is 0.625. The number of nitrogens with one attached hydrogen (secondary N) is 2. The lowest BCUT2D eigenvalue weighted by Gasteiger charge is -2.24. The zero-order valence-electron chi connectivity index (χ0n) is 12.1. The first-order chi connectivity index (χ1) is 8.61. The molecule has 2 unspecified atom stereocenters. The minimum Gasteiger partial charge on any atom is -0.316 e. The van der Waals surface area contributed by atoms with Gasteiger partial charge in [0.2, 0.25) is 0 Å². The molecule has 2 N–H and O–H groups in total. The Balaban J connectivity index is 2.21. The summed E-state index contributed by atoms with van der Waals surface area (Å²) in [6.07, 6.45) is 2.57. The summed E-state index contributed by atoms with van der Waals surface area (Å²) in [4.78, 5) is 0. The van der Waals surface area contributed by atoms with Crippen molar-refractivity contribution in [2.24, 2.45) is 5.92 Å². The van der Waals surface area contributed by atoms with Crippen molar-refractivity contribution in [3.8, 4) is 0 Å². The molecule has 0 aliphatic carbocycles. The predicted octanol–water partition coefficient (Wildman–Crippen LogP) is 2.87. The van der Waals surface area contributed by atoms with Crippen LogP contribution in [0, 0.1) is 26.7 Å². The summed E-state index contributed by atoms with van der Waals surface area (Å²) in [5.41, 5.74) is 5.73. The van der Waals surface area contributed by atoms with Gasteiger partial charge in [0.1, 0.15) is 0 Å². The number of rotatable bonds is 4. The highest BCUT2D eigenvalue weighted by molar-refractivity contribution is 5.39. The third-order valence-electron chi connectivity index (χ3n) is 4.17. The molecule has 2 heteroatoms. The molecule has 0 radical (unpaired) electrons. The van der Waals surface area contributed by atoms with Crippen molar-refractivity contribution in [1.82, 2.24) is 10.6 Å². The second kappa shape index (κ2) is 5.85. The molecule has 1 aliphatic rings. The smallest absolute Gasteiger partial charge is 0.0325 e. The van der Waals surface area contributed by atoms with E-state index in [2.05, 4.69) is 50.6 Å². The van der Waals surface area contributed by atoms with E-state index in [4.69, 9.17) is 0 Å². The number of aryl methyl sites for hydroxylation is 3. The second-order valence-electron chi connectivity index (χ2n) is 5.75. The van der Waals surface area contributed by atoms with Gasteiger partial charge in [0.25, 0.3) is 0 Å². The topological polar surface area (TPSA) is 24.1 Å². The van der Waals surface area contributed by atoms with Gasteiger partial charge in [-0.05, 0) is 76.4 Å². The van der Waals surface area contributed by atoms with Crippen LogP contribution in [-0.4, -0.2) is 20.1 Å². The second-order valence-corrected chi connectivity index (χ2v) is 5.75. The molecule has 1 saturated heterocycles. The average molecular weight is 246 g/mol. The zero-order valence-corrected chi connectivity index (χ0v) is 12.1. The van der Waals surface area contributed by atoms with Gasteiger partial charge in [0.05, 0.1) is 0 Å². The number of benzene rings is 1. The van der Waals surface area contributed by atoms with E-state index in [1.807, 2.05) is 0 Å². The average Bonchev–Trinajstić information content (AvgIpc) is 2.79. The van der Waals surface area contributed by atoms with Crippen LogP contribution in [0.5, 0.6) is 0 Å². The molecule has 1 fully saturated rings. The third-order valence-corrected chi connectivity index (χ3v) is 4.17. The number of hydrogen-bond donors (Lipinski definition) is 2. The van der Waals surface area contributed by atoms with Crippen molar-refractivity contribution in [2.75, 3.05) is 20.1 Å². The Kier molecular flexibility index (Phi) is 4.41. The Morgan fingerprint density at radius 1 is 1.28 bits per heavy atom. The first-order valence-electron chi connectivity index (χ1n) is 7.07. The van der Waals surface area contributed by atoms with Gasteiger partial charge in [-0.2, -0.15) is 0 Å². The number of hydrogen-bond acceptors (Lipinski definition) is 2. The Morgan fingerprint density at radius 2 is 1.94 bits per heavy atom. The van der Waals surface area contributed by atoms with Crippen molar-refractivity contribution in [3.63, 3.8) is 0 Å². The summed E-state index contributed by atoms with van der Waals surface area (Å²) < 4.78 is 0. The van der Waals surface area contributed by atoms with Crippen LogP contribution in [-0.2, 0) is 0 Å². The summed E-state index contributed by atoms with van der Waals surface area (Å²) in [6, 6.07) is 5.11. The standard InChI is InChI=1S/C16H26N2/c1-11-7-12(2)16(13(3)8-11)15(17-4)9-14-5-6-18-10-14/h7-8,14-15,17-18H,5-6,9-10H2,1-4H3. The Labute approximate surface area is 111 Å². The fourth-order valence-electron chi connectivity index (χ4n) is 3.37. The third kappa shape index (κ3) is 2.93. The predicted molar refractivity (Wildman–Crippen MR) is 78.0 cm³/mol. The molecule has 2 nitrogen and oxygen atoms in total. The van der Waals surface area contributed by atoms with Gasteiger partial charge in [0.15, 0.2) is 0 Å². The molecule has 1 heterocycles. The molecule has 0 aromatic heterocycles. The van der Waals surface area contributed by atoms with Gasteiger partial charge in [-0.3, -0.25) is 0 Å². The molecule has 1 aromatic rings. The van der Waals surface area contributed by atoms with E-state index in [0.717, 1.165) is 5.92 Å². The van der Waals surface area contributed by atoms with Crippen LogP contribution in [0.25, 0.3) is 0 Å². The highest BCUT2D eigenvalue weighted by atomic mass is 14.9. The molecule has 2 rings (SSSR count). The van der Waals surface area contributed by atoms with Crippen LogP contribution < -0.4 is 10.6 Å². The van der Waals surface area contributed by atoms with Crippen LogP contribution in [0.2, 0.25) is 0 Å². The molecule has 0 saturated carbocycles. The maximum atomic E-state index is 3.52. The van der Waals surface area contributed by atoms with Crippen LogP contribution >= 0.6 is 0 Å². The Hall–Kier alpha value is -0.860. The Morgan fingerprint density at radius 3 is 2.44 bits per heavy atom. The van der Waals surface area contributed by atoms with Crippen molar-refractivity contribution in [3.05, 3.63) is 34.4 Å². The molecular formula is C16H26N2. The summed E-state index contributed by atoms with van der Waals surface area (Å²) >= 11 is 0. The van der Waals surface area contributed by atoms with Crippen molar-refractivity contribution in [1.29, 1.82) is 0 Å². The van der Waals surface area contributed by atoms with Crippen molar-refractivity contribution in [2.45, 2.75) is 39.7 Å². The molecule has 2 atom stereocenters. The lowest BCUT2D eigenvalue weighted by Crippen LogP contribution is -2.23. The molecule has 1 aromatic carbocycles.